The van der Waals surface area contributed by atoms with Crippen molar-refractivity contribution in [3.8, 4) is 0 Å². The third-order valence-electron chi connectivity index (χ3n) is 4.66. The second-order valence-corrected chi connectivity index (χ2v) is 7.61. The fourth-order valence-electron chi connectivity index (χ4n) is 3.43. The zero-order valence-electron chi connectivity index (χ0n) is 14.5. The van der Waals surface area contributed by atoms with Crippen molar-refractivity contribution in [2.45, 2.75) is 38.2 Å². The molecule has 1 aromatic carbocycles. The van der Waals surface area contributed by atoms with Crippen LogP contribution in [0.15, 0.2) is 24.3 Å². The molecule has 2 fully saturated rings. The number of fused-ring (bicyclic) bond motifs is 1. The van der Waals surface area contributed by atoms with Gasteiger partial charge < -0.3 is 22.6 Å². The van der Waals surface area contributed by atoms with Gasteiger partial charge in [-0.15, -0.1) is 5.46 Å². The Morgan fingerprint density at radius 1 is 1.25 bits per heavy atom. The van der Waals surface area contributed by atoms with Crippen LogP contribution in [0.1, 0.15) is 32.8 Å². The van der Waals surface area contributed by atoms with E-state index in [0.717, 1.165) is 24.1 Å². The maximum Gasteiger partial charge on any atom is 1.00 e. The summed E-state index contributed by atoms with van der Waals surface area (Å²) in [7, 11) is 0. The van der Waals surface area contributed by atoms with Gasteiger partial charge in [-0.25, -0.2) is 4.79 Å². The Morgan fingerprint density at radius 2 is 1.83 bits per heavy atom. The molecule has 0 aromatic heterocycles. The molecule has 0 bridgehead atoms. The molecule has 1 aliphatic heterocycles. The Balaban J connectivity index is 0.00000208. The van der Waals surface area contributed by atoms with E-state index in [1.807, 2.05) is 20.8 Å². The molecule has 0 spiro atoms. The van der Waals surface area contributed by atoms with Crippen LogP contribution in [0, 0.1) is 5.92 Å². The number of carbonyl (C=O) groups is 1. The third kappa shape index (κ3) is 4.03. The molecule has 2 unspecified atom stereocenters. The Labute approximate surface area is 182 Å². The van der Waals surface area contributed by atoms with Crippen molar-refractivity contribution < 1.29 is 73.9 Å². The van der Waals surface area contributed by atoms with Crippen LogP contribution >= 0.6 is 0 Å². The van der Waals surface area contributed by atoms with Crippen molar-refractivity contribution in [2.75, 3.05) is 13.1 Å². The molecular formula is C16H20BF3KNO2. The molecule has 1 heterocycles. The third-order valence-corrected chi connectivity index (χ3v) is 4.66. The minimum atomic E-state index is -4.96. The van der Waals surface area contributed by atoms with Crippen molar-refractivity contribution >= 4 is 18.5 Å². The molecule has 3 rings (SSSR count). The number of carbonyl (C=O) groups excluding carboxylic acids is 1. The Kier molecular flexibility index (Phi) is 5.59. The molecule has 1 saturated carbocycles. The number of piperidine rings is 1. The molecule has 8 heteroatoms. The number of rotatable bonds is 2. The maximum atomic E-state index is 12.7. The summed E-state index contributed by atoms with van der Waals surface area (Å²) < 4.78 is 43.5. The van der Waals surface area contributed by atoms with Gasteiger partial charge in [0.15, 0.2) is 0 Å². The predicted molar refractivity (Wildman–Crippen MR) is 82.7 cm³/mol. The SMILES string of the molecule is CC(C)(C)OC(=O)N1CC2CC2(c2ccc([B-](F)(F)F)cc2)C1.[K+]. The molecular weight excluding hydrogens is 345 g/mol. The summed E-state index contributed by atoms with van der Waals surface area (Å²) in [6.07, 6.45) is 0.572. The van der Waals surface area contributed by atoms with Crippen LogP contribution in [0.5, 0.6) is 0 Å². The van der Waals surface area contributed by atoms with Crippen LogP contribution in [0.2, 0.25) is 0 Å². The van der Waals surface area contributed by atoms with Crippen molar-refractivity contribution in [2.24, 2.45) is 5.92 Å². The molecule has 0 N–H and O–H groups in total. The van der Waals surface area contributed by atoms with Gasteiger partial charge in [-0.3, -0.25) is 0 Å². The summed E-state index contributed by atoms with van der Waals surface area (Å²) in [5, 5.41) is 0. The van der Waals surface area contributed by atoms with Crippen LogP contribution in [0.25, 0.3) is 0 Å². The van der Waals surface area contributed by atoms with Crippen molar-refractivity contribution in [1.82, 2.24) is 4.90 Å². The average molecular weight is 365 g/mol. The zero-order valence-corrected chi connectivity index (χ0v) is 17.6. The van der Waals surface area contributed by atoms with Crippen molar-refractivity contribution in [3.05, 3.63) is 29.8 Å². The van der Waals surface area contributed by atoms with Crippen LogP contribution in [-0.2, 0) is 10.2 Å². The molecule has 126 valence electrons. The van der Waals surface area contributed by atoms with Gasteiger partial charge in [0.05, 0.1) is 0 Å². The zero-order chi connectivity index (χ0) is 17.0. The van der Waals surface area contributed by atoms with Gasteiger partial charge in [-0.1, -0.05) is 24.3 Å². The van der Waals surface area contributed by atoms with Gasteiger partial charge in [0.25, 0.3) is 0 Å². The maximum absolute atomic E-state index is 12.7. The van der Waals surface area contributed by atoms with Crippen LogP contribution in [0.3, 0.4) is 0 Å². The first-order chi connectivity index (χ1) is 10.5. The molecule has 3 nitrogen and oxygen atoms in total. The molecule has 1 saturated heterocycles. The monoisotopic (exact) mass is 365 g/mol. The number of halogens is 3. The smallest absolute Gasteiger partial charge is 0.445 e. The minimum Gasteiger partial charge on any atom is -0.445 e. The molecule has 2 atom stereocenters. The fraction of sp³-hybridized carbons (Fsp3) is 0.562. The van der Waals surface area contributed by atoms with Crippen LogP contribution in [0.4, 0.5) is 17.7 Å². The van der Waals surface area contributed by atoms with E-state index in [9.17, 15) is 17.7 Å². The fourth-order valence-corrected chi connectivity index (χ4v) is 3.43. The topological polar surface area (TPSA) is 29.5 Å². The standard InChI is InChI=1S/C16H20BF3NO2.K/c1-15(2,3)23-14(22)21-9-12-8-16(12,10-21)11-4-6-13(7-5-11)17(18,19)20;/h4-7,12H,8-10H2,1-3H3;/q-1;+1. The Morgan fingerprint density at radius 3 is 2.33 bits per heavy atom. The number of hydrogen-bond acceptors (Lipinski definition) is 2. The Hall–Kier alpha value is -0.0187. The molecule has 24 heavy (non-hydrogen) atoms. The van der Waals surface area contributed by atoms with E-state index >= 15 is 0 Å². The summed E-state index contributed by atoms with van der Waals surface area (Å²) in [5.41, 5.74) is -0.427. The first-order valence-corrected chi connectivity index (χ1v) is 7.80. The van der Waals surface area contributed by atoms with Gasteiger partial charge >= 0.3 is 64.5 Å². The summed E-state index contributed by atoms with van der Waals surface area (Å²) in [6.45, 7) is 1.61. The first kappa shape index (κ1) is 20.3. The summed E-state index contributed by atoms with van der Waals surface area (Å²) in [6, 6.07) is 5.41. The van der Waals surface area contributed by atoms with E-state index in [0.29, 0.717) is 19.0 Å². The number of amides is 1. The normalized spacial score (nSPS) is 25.8. The molecule has 1 aromatic rings. The molecule has 0 radical (unpaired) electrons. The van der Waals surface area contributed by atoms with Crippen molar-refractivity contribution in [3.63, 3.8) is 0 Å². The van der Waals surface area contributed by atoms with E-state index in [1.165, 1.54) is 0 Å². The number of hydrogen-bond donors (Lipinski definition) is 0. The number of nitrogens with zero attached hydrogens (tertiary/aromatic N) is 1. The largest absolute Gasteiger partial charge is 1.00 e. The second-order valence-electron chi connectivity index (χ2n) is 7.61. The molecule has 1 aliphatic carbocycles. The van der Waals surface area contributed by atoms with E-state index < -0.39 is 18.0 Å². The average Bonchev–Trinajstić information content (AvgIpc) is 2.98. The Bertz CT molecular complexity index is 630. The number of ether oxygens (including phenoxy) is 1. The molecule has 2 aliphatic rings. The van der Waals surface area contributed by atoms with Gasteiger partial charge in [-0.05, 0) is 38.7 Å². The van der Waals surface area contributed by atoms with Gasteiger partial charge in [0.1, 0.15) is 5.60 Å². The van der Waals surface area contributed by atoms with Crippen LogP contribution in [-0.4, -0.2) is 36.7 Å². The van der Waals surface area contributed by atoms with Crippen LogP contribution < -0.4 is 56.8 Å². The summed E-state index contributed by atoms with van der Waals surface area (Å²) in [5.74, 6) is 0.317. The summed E-state index contributed by atoms with van der Waals surface area (Å²) in [4.78, 5) is 13.8. The van der Waals surface area contributed by atoms with Gasteiger partial charge in [-0.2, -0.15) is 0 Å². The molecule has 1 amide bonds. The van der Waals surface area contributed by atoms with Crippen molar-refractivity contribution in [1.29, 1.82) is 0 Å². The first-order valence-electron chi connectivity index (χ1n) is 7.80. The van der Waals surface area contributed by atoms with E-state index in [2.05, 4.69) is 0 Å². The van der Waals surface area contributed by atoms with E-state index in [-0.39, 0.29) is 62.9 Å². The van der Waals surface area contributed by atoms with E-state index in [1.54, 1.807) is 17.0 Å². The number of benzene rings is 1. The second kappa shape index (κ2) is 6.61. The number of likely N-dealkylation sites (tertiary alicyclic amines) is 1. The predicted octanol–water partition coefficient (Wildman–Crippen LogP) is 0.253. The quantitative estimate of drug-likeness (QED) is 0.704. The minimum absolute atomic E-state index is 0. The van der Waals surface area contributed by atoms with Gasteiger partial charge in [0.2, 0.25) is 0 Å². The summed E-state index contributed by atoms with van der Waals surface area (Å²) >= 11 is 0. The van der Waals surface area contributed by atoms with E-state index in [4.69, 9.17) is 4.74 Å². The van der Waals surface area contributed by atoms with Gasteiger partial charge in [0, 0.05) is 18.5 Å².